The van der Waals surface area contributed by atoms with Gasteiger partial charge in [0.15, 0.2) is 0 Å². The molecule has 1 aliphatic rings. The predicted octanol–water partition coefficient (Wildman–Crippen LogP) is 2.92. The fourth-order valence-corrected chi connectivity index (χ4v) is 4.58. The summed E-state index contributed by atoms with van der Waals surface area (Å²) in [5.41, 5.74) is 0.628. The summed E-state index contributed by atoms with van der Waals surface area (Å²) in [5.74, 6) is -1.35. The van der Waals surface area contributed by atoms with Crippen molar-refractivity contribution < 1.29 is 27.1 Å². The molecular formula is C23H28FN3O5S. The molecule has 0 unspecified atom stereocenters. The number of rotatable bonds is 10. The van der Waals surface area contributed by atoms with Crippen LogP contribution < -0.4 is 14.9 Å². The summed E-state index contributed by atoms with van der Waals surface area (Å²) >= 11 is 0. The number of hydrogen-bond acceptors (Lipinski definition) is 5. The lowest BCUT2D eigenvalue weighted by molar-refractivity contribution is -0.116. The summed E-state index contributed by atoms with van der Waals surface area (Å²) in [6, 6.07) is 12.2. The number of benzene rings is 2. The Morgan fingerprint density at radius 2 is 1.88 bits per heavy atom. The van der Waals surface area contributed by atoms with E-state index in [2.05, 4.69) is 10.6 Å². The van der Waals surface area contributed by atoms with Gasteiger partial charge in [-0.15, -0.1) is 0 Å². The highest BCUT2D eigenvalue weighted by molar-refractivity contribution is 7.92. The first-order chi connectivity index (χ1) is 15.8. The number of hydrogen-bond donors (Lipinski definition) is 2. The molecule has 2 aromatic rings. The Bertz CT molecular complexity index is 1090. The van der Waals surface area contributed by atoms with Crippen LogP contribution in [0.1, 0.15) is 36.0 Å². The van der Waals surface area contributed by atoms with E-state index in [9.17, 15) is 22.4 Å². The third-order valence-electron chi connectivity index (χ3n) is 5.25. The molecule has 0 aliphatic carbocycles. The molecule has 1 fully saturated rings. The number of para-hydroxylation sites is 2. The first-order valence-electron chi connectivity index (χ1n) is 10.8. The molecule has 8 nitrogen and oxygen atoms in total. The van der Waals surface area contributed by atoms with Crippen LogP contribution in [0.15, 0.2) is 48.5 Å². The molecule has 0 bridgehead atoms. The van der Waals surface area contributed by atoms with Gasteiger partial charge in [0.1, 0.15) is 5.82 Å². The van der Waals surface area contributed by atoms with Crippen LogP contribution in [-0.4, -0.2) is 52.3 Å². The Morgan fingerprint density at radius 3 is 2.58 bits per heavy atom. The summed E-state index contributed by atoms with van der Waals surface area (Å²) in [6.07, 6.45) is 3.03. The van der Waals surface area contributed by atoms with E-state index in [1.54, 1.807) is 30.3 Å². The lowest BCUT2D eigenvalue weighted by Crippen LogP contribution is -2.33. The highest BCUT2D eigenvalue weighted by Gasteiger charge is 2.21. The van der Waals surface area contributed by atoms with Crippen molar-refractivity contribution in [3.63, 3.8) is 0 Å². The third-order valence-corrected chi connectivity index (χ3v) is 6.43. The van der Waals surface area contributed by atoms with Gasteiger partial charge in [0, 0.05) is 26.1 Å². The molecular weight excluding hydrogens is 449 g/mol. The van der Waals surface area contributed by atoms with E-state index < -0.39 is 15.8 Å². The summed E-state index contributed by atoms with van der Waals surface area (Å²) in [7, 11) is -3.73. The second-order valence-corrected chi connectivity index (χ2v) is 9.74. The van der Waals surface area contributed by atoms with E-state index in [-0.39, 0.29) is 43.0 Å². The lowest BCUT2D eigenvalue weighted by Gasteiger charge is -2.22. The number of anilines is 2. The number of sulfonamides is 1. The summed E-state index contributed by atoms with van der Waals surface area (Å²) in [4.78, 5) is 25.1. The molecule has 2 aromatic carbocycles. The maximum absolute atomic E-state index is 14.1. The Balaban J connectivity index is 1.57. The molecule has 0 spiro atoms. The smallest absolute Gasteiger partial charge is 0.253 e. The van der Waals surface area contributed by atoms with E-state index in [4.69, 9.17) is 4.74 Å². The van der Waals surface area contributed by atoms with Crippen molar-refractivity contribution in [1.82, 2.24) is 5.32 Å². The number of ether oxygens (including phenoxy) is 1. The highest BCUT2D eigenvalue weighted by atomic mass is 32.2. The Hall–Kier alpha value is -2.98. The van der Waals surface area contributed by atoms with E-state index in [1.807, 2.05) is 0 Å². The van der Waals surface area contributed by atoms with Gasteiger partial charge in [-0.25, -0.2) is 12.8 Å². The van der Waals surface area contributed by atoms with Gasteiger partial charge in [0.05, 0.1) is 29.3 Å². The summed E-state index contributed by atoms with van der Waals surface area (Å²) < 4.78 is 44.8. The van der Waals surface area contributed by atoms with Crippen molar-refractivity contribution in [2.75, 3.05) is 35.6 Å². The van der Waals surface area contributed by atoms with Gasteiger partial charge >= 0.3 is 0 Å². The van der Waals surface area contributed by atoms with Crippen LogP contribution in [0, 0.1) is 5.82 Å². The second-order valence-electron chi connectivity index (χ2n) is 7.83. The van der Waals surface area contributed by atoms with Crippen LogP contribution in [0.25, 0.3) is 0 Å². The van der Waals surface area contributed by atoms with Crippen molar-refractivity contribution in [1.29, 1.82) is 0 Å². The molecule has 1 aliphatic heterocycles. The minimum atomic E-state index is -3.73. The molecule has 33 heavy (non-hydrogen) atoms. The maximum atomic E-state index is 14.1. The van der Waals surface area contributed by atoms with Gasteiger partial charge in [-0.2, -0.15) is 0 Å². The SMILES string of the molecule is CS(=O)(=O)N(CCCC(=O)Nc1ccccc1C(=O)NC[C@@H]1CCCO1)c1ccccc1F. The van der Waals surface area contributed by atoms with Crippen molar-refractivity contribution in [2.24, 2.45) is 0 Å². The zero-order valence-electron chi connectivity index (χ0n) is 18.4. The molecule has 178 valence electrons. The fraction of sp³-hybridized carbons (Fsp3) is 0.391. The van der Waals surface area contributed by atoms with Crippen LogP contribution >= 0.6 is 0 Å². The molecule has 0 saturated carbocycles. The number of nitrogens with one attached hydrogen (secondary N) is 2. The summed E-state index contributed by atoms with van der Waals surface area (Å²) in [6.45, 7) is 1.04. The number of amides is 2. The topological polar surface area (TPSA) is 105 Å². The number of halogens is 1. The van der Waals surface area contributed by atoms with Gasteiger partial charge in [0.2, 0.25) is 15.9 Å². The molecule has 1 heterocycles. The van der Waals surface area contributed by atoms with Crippen LogP contribution in [0.3, 0.4) is 0 Å². The Morgan fingerprint density at radius 1 is 1.15 bits per heavy atom. The largest absolute Gasteiger partial charge is 0.376 e. The highest BCUT2D eigenvalue weighted by Crippen LogP contribution is 2.22. The van der Waals surface area contributed by atoms with Crippen molar-refractivity contribution in [3.8, 4) is 0 Å². The monoisotopic (exact) mass is 477 g/mol. The summed E-state index contributed by atoms with van der Waals surface area (Å²) in [5, 5.41) is 5.54. The molecule has 0 radical (unpaired) electrons. The molecule has 0 aromatic heterocycles. The average molecular weight is 478 g/mol. The van der Waals surface area contributed by atoms with E-state index in [0.717, 1.165) is 23.4 Å². The van der Waals surface area contributed by atoms with E-state index >= 15 is 0 Å². The predicted molar refractivity (Wildman–Crippen MR) is 124 cm³/mol. The number of nitrogens with zero attached hydrogens (tertiary/aromatic N) is 1. The van der Waals surface area contributed by atoms with Gasteiger partial charge in [0.25, 0.3) is 5.91 Å². The first-order valence-corrected chi connectivity index (χ1v) is 12.6. The second kappa shape index (κ2) is 11.2. The zero-order valence-corrected chi connectivity index (χ0v) is 19.2. The fourth-order valence-electron chi connectivity index (χ4n) is 3.61. The van der Waals surface area contributed by atoms with Gasteiger partial charge < -0.3 is 15.4 Å². The number of carbonyl (C=O) groups excluding carboxylic acids is 2. The van der Waals surface area contributed by atoms with Crippen molar-refractivity contribution in [3.05, 3.63) is 59.9 Å². The van der Waals surface area contributed by atoms with Gasteiger partial charge in [-0.3, -0.25) is 13.9 Å². The van der Waals surface area contributed by atoms with E-state index in [0.29, 0.717) is 24.4 Å². The minimum Gasteiger partial charge on any atom is -0.376 e. The van der Waals surface area contributed by atoms with Gasteiger partial charge in [-0.1, -0.05) is 24.3 Å². The molecule has 1 atom stereocenters. The van der Waals surface area contributed by atoms with E-state index in [1.165, 1.54) is 18.2 Å². The molecule has 2 N–H and O–H groups in total. The van der Waals surface area contributed by atoms with Crippen molar-refractivity contribution in [2.45, 2.75) is 31.8 Å². The molecule has 10 heteroatoms. The van der Waals surface area contributed by atoms with Crippen molar-refractivity contribution >= 4 is 33.2 Å². The standard InChI is InChI=1S/C23H28FN3O5S/c1-33(30,31)27(21-12-5-3-10-19(21)24)14-6-13-22(28)26-20-11-4-2-9-18(20)23(29)25-16-17-8-7-15-32-17/h2-5,9-12,17H,6-8,13-16H2,1H3,(H,25,29)(H,26,28)/t17-/m0/s1. The van der Waals surface area contributed by atoms with Crippen LogP contribution in [0.5, 0.6) is 0 Å². The third kappa shape index (κ3) is 7.00. The Labute approximate surface area is 193 Å². The zero-order chi connectivity index (χ0) is 23.8. The minimum absolute atomic E-state index is 0.00273. The molecule has 2 amide bonds. The maximum Gasteiger partial charge on any atom is 0.253 e. The molecule has 1 saturated heterocycles. The van der Waals surface area contributed by atoms with Crippen LogP contribution in [-0.2, 0) is 19.6 Å². The lowest BCUT2D eigenvalue weighted by atomic mass is 10.1. The first kappa shape index (κ1) is 24.7. The Kier molecular flexibility index (Phi) is 8.40. The van der Waals surface area contributed by atoms with Gasteiger partial charge in [-0.05, 0) is 43.5 Å². The van der Waals surface area contributed by atoms with Crippen LogP contribution in [0.4, 0.5) is 15.8 Å². The molecule has 3 rings (SSSR count). The quantitative estimate of drug-likeness (QED) is 0.548. The average Bonchev–Trinajstić information content (AvgIpc) is 3.29. The normalized spacial score (nSPS) is 15.8. The number of carbonyl (C=O) groups is 2. The van der Waals surface area contributed by atoms with Crippen LogP contribution in [0.2, 0.25) is 0 Å².